The molecule has 0 aromatic heterocycles. The van der Waals surface area contributed by atoms with Gasteiger partial charge in [0, 0.05) is 10.5 Å². The number of hydrogen-bond acceptors (Lipinski definition) is 2. The zero-order valence-electron chi connectivity index (χ0n) is 6.83. The molecular formula is C9H13BrN2. The highest BCUT2D eigenvalue weighted by molar-refractivity contribution is 9.10. The summed E-state index contributed by atoms with van der Waals surface area (Å²) in [5.41, 5.74) is 12.4. The number of halogens is 1. The molecule has 66 valence electrons. The van der Waals surface area contributed by atoms with E-state index < -0.39 is 0 Å². The van der Waals surface area contributed by atoms with Gasteiger partial charge in [-0.1, -0.05) is 28.1 Å². The second kappa shape index (κ2) is 4.60. The van der Waals surface area contributed by atoms with E-state index >= 15 is 0 Å². The number of rotatable bonds is 3. The van der Waals surface area contributed by atoms with Crippen molar-refractivity contribution in [2.24, 2.45) is 11.5 Å². The monoisotopic (exact) mass is 228 g/mol. The topological polar surface area (TPSA) is 52.0 Å². The van der Waals surface area contributed by atoms with E-state index in [0.29, 0.717) is 6.54 Å². The number of nitrogens with two attached hydrogens (primary N) is 2. The molecule has 1 aromatic carbocycles. The minimum absolute atomic E-state index is 0.0625. The van der Waals surface area contributed by atoms with Crippen molar-refractivity contribution in [3.63, 3.8) is 0 Å². The van der Waals surface area contributed by atoms with Gasteiger partial charge in [0.05, 0.1) is 0 Å². The first-order chi connectivity index (χ1) is 5.74. The molecule has 0 unspecified atom stereocenters. The van der Waals surface area contributed by atoms with Crippen LogP contribution in [0.2, 0.25) is 0 Å². The van der Waals surface area contributed by atoms with Crippen LogP contribution in [0.15, 0.2) is 28.7 Å². The van der Waals surface area contributed by atoms with Crippen LogP contribution in [-0.2, 0) is 0 Å². The van der Waals surface area contributed by atoms with Crippen LogP contribution < -0.4 is 11.5 Å². The van der Waals surface area contributed by atoms with E-state index in [1.807, 2.05) is 24.3 Å². The lowest BCUT2D eigenvalue weighted by molar-refractivity contribution is 0.661. The summed E-state index contributed by atoms with van der Waals surface area (Å²) in [5, 5.41) is 0. The molecule has 1 atom stereocenters. The third kappa shape index (κ3) is 2.59. The van der Waals surface area contributed by atoms with Crippen molar-refractivity contribution < 1.29 is 0 Å². The zero-order chi connectivity index (χ0) is 8.97. The molecule has 0 amide bonds. The Morgan fingerprint density at radius 3 is 2.75 bits per heavy atom. The average molecular weight is 229 g/mol. The molecule has 1 rings (SSSR count). The fourth-order valence-corrected chi connectivity index (χ4v) is 1.50. The second-order valence-corrected chi connectivity index (χ2v) is 3.65. The van der Waals surface area contributed by atoms with E-state index in [1.54, 1.807) is 0 Å². The van der Waals surface area contributed by atoms with Gasteiger partial charge in [-0.15, -0.1) is 0 Å². The quantitative estimate of drug-likeness (QED) is 0.830. The van der Waals surface area contributed by atoms with Gasteiger partial charge in [0.15, 0.2) is 0 Å². The highest BCUT2D eigenvalue weighted by atomic mass is 79.9. The fraction of sp³-hybridized carbons (Fsp3) is 0.333. The Hall–Kier alpha value is -0.380. The summed E-state index contributed by atoms with van der Waals surface area (Å²) in [7, 11) is 0. The number of benzene rings is 1. The molecule has 0 fully saturated rings. The van der Waals surface area contributed by atoms with Gasteiger partial charge in [0.2, 0.25) is 0 Å². The van der Waals surface area contributed by atoms with Crippen LogP contribution in [-0.4, -0.2) is 6.54 Å². The first-order valence-corrected chi connectivity index (χ1v) is 4.74. The zero-order valence-corrected chi connectivity index (χ0v) is 8.42. The molecule has 3 heteroatoms. The summed E-state index contributed by atoms with van der Waals surface area (Å²) in [4.78, 5) is 0. The average Bonchev–Trinajstić information content (AvgIpc) is 2.05. The predicted octanol–water partition coefficient (Wildman–Crippen LogP) is 1.80. The largest absolute Gasteiger partial charge is 0.330 e. The molecular weight excluding hydrogens is 216 g/mol. The first kappa shape index (κ1) is 9.71. The van der Waals surface area contributed by atoms with Crippen molar-refractivity contribution in [2.75, 3.05) is 6.54 Å². The fourth-order valence-electron chi connectivity index (χ4n) is 1.08. The van der Waals surface area contributed by atoms with Gasteiger partial charge < -0.3 is 11.5 Å². The van der Waals surface area contributed by atoms with E-state index in [9.17, 15) is 0 Å². The van der Waals surface area contributed by atoms with Crippen molar-refractivity contribution in [2.45, 2.75) is 12.5 Å². The van der Waals surface area contributed by atoms with Gasteiger partial charge in [-0.2, -0.15) is 0 Å². The molecule has 0 bridgehead atoms. The normalized spacial score (nSPS) is 12.9. The first-order valence-electron chi connectivity index (χ1n) is 3.95. The summed E-state index contributed by atoms with van der Waals surface area (Å²) >= 11 is 3.39. The van der Waals surface area contributed by atoms with Crippen molar-refractivity contribution >= 4 is 15.9 Å². The summed E-state index contributed by atoms with van der Waals surface area (Å²) < 4.78 is 1.06. The molecule has 1 aromatic rings. The van der Waals surface area contributed by atoms with Gasteiger partial charge in [-0.25, -0.2) is 0 Å². The Morgan fingerprint density at radius 2 is 2.17 bits per heavy atom. The Kier molecular flexibility index (Phi) is 3.72. The van der Waals surface area contributed by atoms with Crippen LogP contribution in [0.3, 0.4) is 0 Å². The SMILES string of the molecule is NCC[C@H](N)c1cccc(Br)c1. The third-order valence-electron chi connectivity index (χ3n) is 1.75. The summed E-state index contributed by atoms with van der Waals surface area (Å²) in [6, 6.07) is 8.08. The lowest BCUT2D eigenvalue weighted by atomic mass is 10.1. The van der Waals surface area contributed by atoms with E-state index in [1.165, 1.54) is 0 Å². The molecule has 0 saturated carbocycles. The van der Waals surface area contributed by atoms with Crippen LogP contribution in [0.4, 0.5) is 0 Å². The molecule has 0 spiro atoms. The Balaban J connectivity index is 2.73. The van der Waals surface area contributed by atoms with Gasteiger partial charge >= 0.3 is 0 Å². The van der Waals surface area contributed by atoms with Crippen LogP contribution in [0.1, 0.15) is 18.0 Å². The molecule has 0 saturated heterocycles. The van der Waals surface area contributed by atoms with E-state index in [4.69, 9.17) is 11.5 Å². The highest BCUT2D eigenvalue weighted by Crippen LogP contribution is 2.17. The van der Waals surface area contributed by atoms with Crippen molar-refractivity contribution in [3.8, 4) is 0 Å². The Labute approximate surface area is 81.1 Å². The lowest BCUT2D eigenvalue weighted by Crippen LogP contribution is -2.15. The molecule has 0 heterocycles. The maximum Gasteiger partial charge on any atom is 0.0307 e. The van der Waals surface area contributed by atoms with Gasteiger partial charge in [0.1, 0.15) is 0 Å². The molecule has 0 aliphatic carbocycles. The predicted molar refractivity (Wildman–Crippen MR) is 54.7 cm³/mol. The maximum absolute atomic E-state index is 5.87. The van der Waals surface area contributed by atoms with Crippen LogP contribution in [0.25, 0.3) is 0 Å². The third-order valence-corrected chi connectivity index (χ3v) is 2.25. The van der Waals surface area contributed by atoms with Crippen LogP contribution in [0.5, 0.6) is 0 Å². The molecule has 4 N–H and O–H groups in total. The van der Waals surface area contributed by atoms with Gasteiger partial charge in [-0.3, -0.25) is 0 Å². The van der Waals surface area contributed by atoms with E-state index in [0.717, 1.165) is 16.5 Å². The van der Waals surface area contributed by atoms with E-state index in [-0.39, 0.29) is 6.04 Å². The maximum atomic E-state index is 5.87. The smallest absolute Gasteiger partial charge is 0.0307 e. The molecule has 0 aliphatic heterocycles. The van der Waals surface area contributed by atoms with Crippen molar-refractivity contribution in [1.82, 2.24) is 0 Å². The minimum atomic E-state index is 0.0625. The molecule has 0 radical (unpaired) electrons. The highest BCUT2D eigenvalue weighted by Gasteiger charge is 2.03. The summed E-state index contributed by atoms with van der Waals surface area (Å²) in [5.74, 6) is 0. The van der Waals surface area contributed by atoms with Gasteiger partial charge in [-0.05, 0) is 30.7 Å². The van der Waals surface area contributed by atoms with Crippen molar-refractivity contribution in [3.05, 3.63) is 34.3 Å². The van der Waals surface area contributed by atoms with Gasteiger partial charge in [0.25, 0.3) is 0 Å². The lowest BCUT2D eigenvalue weighted by Gasteiger charge is -2.10. The van der Waals surface area contributed by atoms with E-state index in [2.05, 4.69) is 15.9 Å². The molecule has 0 aliphatic rings. The minimum Gasteiger partial charge on any atom is -0.330 e. The summed E-state index contributed by atoms with van der Waals surface area (Å²) in [6.07, 6.45) is 0.830. The molecule has 2 nitrogen and oxygen atoms in total. The second-order valence-electron chi connectivity index (χ2n) is 2.74. The van der Waals surface area contributed by atoms with Crippen LogP contribution in [0, 0.1) is 0 Å². The molecule has 12 heavy (non-hydrogen) atoms. The Morgan fingerprint density at radius 1 is 1.42 bits per heavy atom. The Bertz CT molecular complexity index is 250. The standard InChI is InChI=1S/C9H13BrN2/c10-8-3-1-2-7(6-8)9(12)4-5-11/h1-3,6,9H,4-5,11-12H2/t9-/m0/s1. The van der Waals surface area contributed by atoms with Crippen LogP contribution >= 0.6 is 15.9 Å². The number of hydrogen-bond donors (Lipinski definition) is 2. The van der Waals surface area contributed by atoms with Crippen molar-refractivity contribution in [1.29, 1.82) is 0 Å². The summed E-state index contributed by atoms with van der Waals surface area (Å²) in [6.45, 7) is 0.633.